The zero-order valence-corrected chi connectivity index (χ0v) is 12.6. The molecular weight excluding hydrogens is 352 g/mol. The summed E-state index contributed by atoms with van der Waals surface area (Å²) in [4.78, 5) is 12.1. The van der Waals surface area contributed by atoms with Gasteiger partial charge >= 0.3 is 0 Å². The van der Waals surface area contributed by atoms with Crippen molar-refractivity contribution in [2.24, 2.45) is 0 Å². The van der Waals surface area contributed by atoms with Crippen molar-refractivity contribution < 1.29 is 13.6 Å². The second-order valence-corrected chi connectivity index (χ2v) is 5.44. The standard InChI is InChI=1S/C14H9BrClF2NO/c1-7-2-3-9(10(15)4-7)14(20)19-13-11(16)5-8(17)6-12(13)18/h2-6H,1H3,(H,19,20). The molecule has 2 aromatic carbocycles. The van der Waals surface area contributed by atoms with E-state index in [0.717, 1.165) is 11.6 Å². The highest BCUT2D eigenvalue weighted by Gasteiger charge is 2.16. The molecule has 0 aliphatic carbocycles. The van der Waals surface area contributed by atoms with Crippen LogP contribution in [0.4, 0.5) is 14.5 Å². The van der Waals surface area contributed by atoms with Gasteiger partial charge in [-0.3, -0.25) is 4.79 Å². The molecule has 1 N–H and O–H groups in total. The van der Waals surface area contributed by atoms with E-state index in [2.05, 4.69) is 21.2 Å². The third-order valence-corrected chi connectivity index (χ3v) is 3.57. The molecule has 2 rings (SSSR count). The van der Waals surface area contributed by atoms with E-state index in [1.807, 2.05) is 6.92 Å². The van der Waals surface area contributed by atoms with Gasteiger partial charge in [0.05, 0.1) is 16.3 Å². The Labute approximate surface area is 127 Å². The van der Waals surface area contributed by atoms with Gasteiger partial charge in [-0.1, -0.05) is 17.7 Å². The van der Waals surface area contributed by atoms with Crippen molar-refractivity contribution in [3.8, 4) is 0 Å². The highest BCUT2D eigenvalue weighted by molar-refractivity contribution is 9.10. The highest BCUT2D eigenvalue weighted by Crippen LogP contribution is 2.28. The molecule has 0 heterocycles. The summed E-state index contributed by atoms with van der Waals surface area (Å²) in [5.41, 5.74) is 1.06. The van der Waals surface area contributed by atoms with Crippen molar-refractivity contribution in [3.05, 3.63) is 62.6 Å². The molecule has 0 fully saturated rings. The predicted octanol–water partition coefficient (Wildman–Crippen LogP) is 4.94. The zero-order chi connectivity index (χ0) is 14.9. The molecule has 0 spiro atoms. The maximum absolute atomic E-state index is 13.6. The van der Waals surface area contributed by atoms with E-state index in [4.69, 9.17) is 11.6 Å². The van der Waals surface area contributed by atoms with Crippen LogP contribution in [0.25, 0.3) is 0 Å². The number of hydrogen-bond acceptors (Lipinski definition) is 1. The van der Waals surface area contributed by atoms with Crippen LogP contribution < -0.4 is 5.32 Å². The lowest BCUT2D eigenvalue weighted by atomic mass is 10.1. The molecule has 0 unspecified atom stereocenters. The van der Waals surface area contributed by atoms with E-state index < -0.39 is 17.5 Å². The van der Waals surface area contributed by atoms with Crippen molar-refractivity contribution in [2.45, 2.75) is 6.92 Å². The summed E-state index contributed by atoms with van der Waals surface area (Å²) in [6, 6.07) is 6.71. The fourth-order valence-corrected chi connectivity index (χ4v) is 2.56. The first-order valence-electron chi connectivity index (χ1n) is 5.60. The molecule has 0 radical (unpaired) electrons. The summed E-state index contributed by atoms with van der Waals surface area (Å²) in [6.45, 7) is 1.88. The summed E-state index contributed by atoms with van der Waals surface area (Å²) in [7, 11) is 0. The molecule has 0 aromatic heterocycles. The van der Waals surface area contributed by atoms with Crippen molar-refractivity contribution in [1.82, 2.24) is 0 Å². The van der Waals surface area contributed by atoms with E-state index in [0.29, 0.717) is 16.1 Å². The average molecular weight is 361 g/mol. The van der Waals surface area contributed by atoms with Gasteiger partial charge in [-0.2, -0.15) is 0 Å². The van der Waals surface area contributed by atoms with Crippen LogP contribution in [0.15, 0.2) is 34.8 Å². The van der Waals surface area contributed by atoms with Crippen molar-refractivity contribution >= 4 is 39.1 Å². The number of hydrogen-bond donors (Lipinski definition) is 1. The minimum Gasteiger partial charge on any atom is -0.318 e. The molecule has 2 aromatic rings. The first-order valence-corrected chi connectivity index (χ1v) is 6.77. The van der Waals surface area contributed by atoms with Crippen LogP contribution in [-0.2, 0) is 0 Å². The van der Waals surface area contributed by atoms with Crippen LogP contribution >= 0.6 is 27.5 Å². The van der Waals surface area contributed by atoms with Gasteiger partial charge in [0, 0.05) is 10.5 Å². The fraction of sp³-hybridized carbons (Fsp3) is 0.0714. The first-order chi connectivity index (χ1) is 9.38. The molecule has 104 valence electrons. The molecule has 0 aliphatic heterocycles. The maximum Gasteiger partial charge on any atom is 0.256 e. The van der Waals surface area contributed by atoms with Gasteiger partial charge in [-0.25, -0.2) is 8.78 Å². The Hall–Kier alpha value is -1.46. The number of carbonyl (C=O) groups is 1. The molecular formula is C14H9BrClF2NO. The third-order valence-electron chi connectivity index (χ3n) is 2.61. The Morgan fingerprint density at radius 2 is 1.95 bits per heavy atom. The Kier molecular flexibility index (Phi) is 4.40. The highest BCUT2D eigenvalue weighted by atomic mass is 79.9. The Morgan fingerprint density at radius 1 is 1.25 bits per heavy atom. The van der Waals surface area contributed by atoms with Gasteiger partial charge < -0.3 is 5.32 Å². The minimum absolute atomic E-state index is 0.195. The molecule has 0 saturated heterocycles. The molecule has 0 bridgehead atoms. The SMILES string of the molecule is Cc1ccc(C(=O)Nc2c(F)cc(F)cc2Cl)c(Br)c1. The molecule has 2 nitrogen and oxygen atoms in total. The van der Waals surface area contributed by atoms with Gasteiger partial charge in [-0.15, -0.1) is 0 Å². The lowest BCUT2D eigenvalue weighted by molar-refractivity contribution is 0.102. The monoisotopic (exact) mass is 359 g/mol. The second-order valence-electron chi connectivity index (χ2n) is 4.18. The summed E-state index contributed by atoms with van der Waals surface area (Å²) < 4.78 is 27.1. The lowest BCUT2D eigenvalue weighted by Crippen LogP contribution is -2.14. The lowest BCUT2D eigenvalue weighted by Gasteiger charge is -2.10. The molecule has 20 heavy (non-hydrogen) atoms. The number of anilines is 1. The first kappa shape index (κ1) is 14.9. The number of rotatable bonds is 2. The van der Waals surface area contributed by atoms with Crippen LogP contribution in [0.1, 0.15) is 15.9 Å². The normalized spacial score (nSPS) is 10.4. The molecule has 6 heteroatoms. The van der Waals surface area contributed by atoms with E-state index in [1.54, 1.807) is 18.2 Å². The summed E-state index contributed by atoms with van der Waals surface area (Å²) in [5, 5.41) is 2.14. The van der Waals surface area contributed by atoms with Crippen molar-refractivity contribution in [1.29, 1.82) is 0 Å². The van der Waals surface area contributed by atoms with E-state index in [-0.39, 0.29) is 10.7 Å². The van der Waals surface area contributed by atoms with Crippen LogP contribution in [0.3, 0.4) is 0 Å². The Morgan fingerprint density at radius 3 is 2.55 bits per heavy atom. The average Bonchev–Trinajstić information content (AvgIpc) is 2.33. The van der Waals surface area contributed by atoms with Gasteiger partial charge in [0.1, 0.15) is 5.82 Å². The second kappa shape index (κ2) is 5.89. The van der Waals surface area contributed by atoms with E-state index in [9.17, 15) is 13.6 Å². The van der Waals surface area contributed by atoms with Gasteiger partial charge in [0.15, 0.2) is 5.82 Å². The summed E-state index contributed by atoms with van der Waals surface area (Å²) >= 11 is 8.99. The van der Waals surface area contributed by atoms with Crippen LogP contribution in [0.2, 0.25) is 5.02 Å². The third kappa shape index (κ3) is 3.16. The van der Waals surface area contributed by atoms with Crippen LogP contribution in [0.5, 0.6) is 0 Å². The Bertz CT molecular complexity index is 668. The fourth-order valence-electron chi connectivity index (χ4n) is 1.65. The largest absolute Gasteiger partial charge is 0.318 e. The number of carbonyl (C=O) groups excluding carboxylic acids is 1. The molecule has 1 amide bonds. The number of halogens is 4. The number of aryl methyl sites for hydroxylation is 1. The van der Waals surface area contributed by atoms with Crippen molar-refractivity contribution in [2.75, 3.05) is 5.32 Å². The molecule has 0 saturated carbocycles. The molecule has 0 atom stereocenters. The van der Waals surface area contributed by atoms with Crippen molar-refractivity contribution in [3.63, 3.8) is 0 Å². The minimum atomic E-state index is -0.924. The molecule has 0 aliphatic rings. The number of amides is 1. The van der Waals surface area contributed by atoms with Gasteiger partial charge in [0.2, 0.25) is 0 Å². The van der Waals surface area contributed by atoms with Crippen LogP contribution in [-0.4, -0.2) is 5.91 Å². The quantitative estimate of drug-likeness (QED) is 0.807. The van der Waals surface area contributed by atoms with Gasteiger partial charge in [0.25, 0.3) is 5.91 Å². The number of benzene rings is 2. The Balaban J connectivity index is 2.33. The van der Waals surface area contributed by atoms with Gasteiger partial charge in [-0.05, 0) is 46.6 Å². The zero-order valence-electron chi connectivity index (χ0n) is 10.3. The number of nitrogens with one attached hydrogen (secondary N) is 1. The summed E-state index contributed by atoms with van der Waals surface area (Å²) in [6.07, 6.45) is 0. The topological polar surface area (TPSA) is 29.1 Å². The maximum atomic E-state index is 13.6. The van der Waals surface area contributed by atoms with E-state index >= 15 is 0 Å². The smallest absolute Gasteiger partial charge is 0.256 e. The summed E-state index contributed by atoms with van der Waals surface area (Å²) in [5.74, 6) is -2.27. The van der Waals surface area contributed by atoms with Crippen LogP contribution in [0, 0.1) is 18.6 Å². The predicted molar refractivity (Wildman–Crippen MR) is 78.2 cm³/mol. The van der Waals surface area contributed by atoms with E-state index in [1.165, 1.54) is 0 Å².